The van der Waals surface area contributed by atoms with E-state index in [1.807, 2.05) is 60.7 Å². The van der Waals surface area contributed by atoms with Crippen LogP contribution < -0.4 is 27.8 Å². The molecule has 2 aromatic carbocycles. The number of aryl methyl sites for hydroxylation is 1. The number of fused-ring (bicyclic) bond motifs is 1. The first kappa shape index (κ1) is 24.3. The van der Waals surface area contributed by atoms with E-state index in [-0.39, 0.29) is 11.8 Å². The molecule has 0 spiro atoms. The maximum Gasteiger partial charge on any atom is 0.247 e. The Labute approximate surface area is 193 Å². The van der Waals surface area contributed by atoms with Crippen LogP contribution in [0.25, 0.3) is 10.9 Å². The topological polar surface area (TPSA) is 149 Å². The van der Waals surface area contributed by atoms with Crippen molar-refractivity contribution in [2.45, 2.75) is 31.3 Å². The Balaban J connectivity index is 1.71. The second-order valence-electron chi connectivity index (χ2n) is 8.17. The zero-order valence-electron chi connectivity index (χ0n) is 18.6. The number of amides is 2. The molecule has 0 radical (unpaired) electrons. The predicted molar refractivity (Wildman–Crippen MR) is 131 cm³/mol. The van der Waals surface area contributed by atoms with Crippen molar-refractivity contribution >= 4 is 28.4 Å². The van der Waals surface area contributed by atoms with Gasteiger partial charge in [0.05, 0.1) is 23.4 Å². The van der Waals surface area contributed by atoms with E-state index in [0.717, 1.165) is 16.5 Å². The van der Waals surface area contributed by atoms with Gasteiger partial charge in [0.25, 0.3) is 0 Å². The van der Waals surface area contributed by atoms with Gasteiger partial charge < -0.3 is 27.8 Å². The van der Waals surface area contributed by atoms with Crippen molar-refractivity contribution in [3.8, 4) is 0 Å². The van der Waals surface area contributed by atoms with Gasteiger partial charge >= 0.3 is 0 Å². The average Bonchev–Trinajstić information content (AvgIpc) is 2.85. The number of carbonyl (C=O) groups excluding carboxylic acids is 2. The molecule has 2 atom stereocenters. The molecule has 1 heterocycles. The van der Waals surface area contributed by atoms with Crippen LogP contribution in [0.5, 0.6) is 0 Å². The number of nitrogens with one attached hydrogen (secondary N) is 2. The van der Waals surface area contributed by atoms with Crippen LogP contribution in [0.4, 0.5) is 5.69 Å². The molecule has 0 bridgehead atoms. The Hall–Kier alpha value is -3.33. The SMILES string of the molecule is NCC(CN)C[C@H](N)C(=O)N[C@H](CCc1ccccc1)C(=O)Nc1cnc2ccccc2c1. The third kappa shape index (κ3) is 7.08. The van der Waals surface area contributed by atoms with Crippen molar-refractivity contribution in [2.75, 3.05) is 18.4 Å². The Bertz CT molecular complexity index is 1050. The summed E-state index contributed by atoms with van der Waals surface area (Å²) in [7, 11) is 0. The number of benzene rings is 2. The quantitative estimate of drug-likeness (QED) is 0.300. The minimum atomic E-state index is -0.795. The molecule has 33 heavy (non-hydrogen) atoms. The molecule has 0 saturated carbocycles. The molecule has 8 nitrogen and oxygen atoms in total. The molecule has 0 aliphatic heterocycles. The molecule has 174 valence electrons. The van der Waals surface area contributed by atoms with Gasteiger partial charge in [0.2, 0.25) is 11.8 Å². The van der Waals surface area contributed by atoms with Crippen LogP contribution in [0.3, 0.4) is 0 Å². The highest BCUT2D eigenvalue weighted by molar-refractivity contribution is 5.98. The molecule has 0 unspecified atom stereocenters. The minimum Gasteiger partial charge on any atom is -0.343 e. The van der Waals surface area contributed by atoms with Crippen LogP contribution in [0, 0.1) is 5.92 Å². The van der Waals surface area contributed by atoms with Crippen LogP contribution in [0.2, 0.25) is 0 Å². The van der Waals surface area contributed by atoms with Crippen LogP contribution in [0.1, 0.15) is 18.4 Å². The summed E-state index contributed by atoms with van der Waals surface area (Å²) in [5.74, 6) is -0.768. The second kappa shape index (κ2) is 12.1. The summed E-state index contributed by atoms with van der Waals surface area (Å²) in [6.07, 6.45) is 3.01. The van der Waals surface area contributed by atoms with Gasteiger partial charge in [-0.15, -0.1) is 0 Å². The summed E-state index contributed by atoms with van der Waals surface area (Å²) >= 11 is 0. The highest BCUT2D eigenvalue weighted by Crippen LogP contribution is 2.17. The van der Waals surface area contributed by atoms with Gasteiger partial charge in [-0.1, -0.05) is 48.5 Å². The highest BCUT2D eigenvalue weighted by atomic mass is 16.2. The maximum atomic E-state index is 13.1. The zero-order valence-corrected chi connectivity index (χ0v) is 18.6. The van der Waals surface area contributed by atoms with E-state index in [1.54, 1.807) is 6.20 Å². The second-order valence-corrected chi connectivity index (χ2v) is 8.17. The molecule has 0 saturated heterocycles. The minimum absolute atomic E-state index is 0.0500. The number of pyridine rings is 1. The maximum absolute atomic E-state index is 13.1. The van der Waals surface area contributed by atoms with E-state index in [2.05, 4.69) is 15.6 Å². The average molecular weight is 449 g/mol. The Morgan fingerprint density at radius 3 is 2.36 bits per heavy atom. The predicted octanol–water partition coefficient (Wildman–Crippen LogP) is 1.54. The lowest BCUT2D eigenvalue weighted by Crippen LogP contribution is -2.51. The molecule has 2 amide bonds. The molecule has 1 aromatic heterocycles. The largest absolute Gasteiger partial charge is 0.343 e. The van der Waals surface area contributed by atoms with Crippen molar-refractivity contribution in [1.29, 1.82) is 0 Å². The molecule has 3 rings (SSSR count). The lowest BCUT2D eigenvalue weighted by molar-refractivity contribution is -0.127. The van der Waals surface area contributed by atoms with Gasteiger partial charge in [0.1, 0.15) is 6.04 Å². The summed E-state index contributed by atoms with van der Waals surface area (Å²) in [4.78, 5) is 30.3. The monoisotopic (exact) mass is 448 g/mol. The third-order valence-corrected chi connectivity index (χ3v) is 5.65. The Kier molecular flexibility index (Phi) is 8.88. The normalized spacial score (nSPS) is 13.0. The number of hydrogen-bond donors (Lipinski definition) is 5. The fraction of sp³-hybridized carbons (Fsp3) is 0.320. The van der Waals surface area contributed by atoms with Crippen LogP contribution in [-0.2, 0) is 16.0 Å². The van der Waals surface area contributed by atoms with Crippen LogP contribution in [0.15, 0.2) is 66.9 Å². The summed E-state index contributed by atoms with van der Waals surface area (Å²) in [6, 6.07) is 17.8. The van der Waals surface area contributed by atoms with Crippen molar-refractivity contribution < 1.29 is 9.59 Å². The number of nitrogens with two attached hydrogens (primary N) is 3. The highest BCUT2D eigenvalue weighted by Gasteiger charge is 2.25. The fourth-order valence-electron chi connectivity index (χ4n) is 3.63. The van der Waals surface area contributed by atoms with Gasteiger partial charge in [-0.05, 0) is 56.0 Å². The van der Waals surface area contributed by atoms with Gasteiger partial charge in [-0.2, -0.15) is 0 Å². The van der Waals surface area contributed by atoms with Gasteiger partial charge in [0.15, 0.2) is 0 Å². The first-order valence-corrected chi connectivity index (χ1v) is 11.2. The van der Waals surface area contributed by atoms with E-state index in [0.29, 0.717) is 38.0 Å². The van der Waals surface area contributed by atoms with E-state index in [9.17, 15) is 9.59 Å². The lowest BCUT2D eigenvalue weighted by Gasteiger charge is -2.22. The van der Waals surface area contributed by atoms with E-state index in [4.69, 9.17) is 17.2 Å². The summed E-state index contributed by atoms with van der Waals surface area (Å²) in [5.41, 5.74) is 19.9. The number of aromatic nitrogens is 1. The number of nitrogens with zero attached hydrogens (tertiary/aromatic N) is 1. The van der Waals surface area contributed by atoms with Crippen molar-refractivity contribution in [3.05, 3.63) is 72.4 Å². The Morgan fingerprint density at radius 2 is 1.64 bits per heavy atom. The summed E-state index contributed by atoms with van der Waals surface area (Å²) in [5, 5.41) is 6.61. The molecule has 8 N–H and O–H groups in total. The smallest absolute Gasteiger partial charge is 0.247 e. The molecule has 0 fully saturated rings. The number of rotatable bonds is 11. The first-order chi connectivity index (χ1) is 16.0. The standard InChI is InChI=1S/C25H32N6O2/c26-14-18(15-27)12-21(28)24(32)31-23(11-10-17-6-2-1-3-7-17)25(33)30-20-13-19-8-4-5-9-22(19)29-16-20/h1-9,13,16,18,21,23H,10-12,14-15,26-28H2,(H,30,33)(H,31,32)/t21-,23+/m0/s1. The number of carbonyl (C=O) groups is 2. The van der Waals surface area contributed by atoms with Gasteiger partial charge in [-0.3, -0.25) is 14.6 Å². The van der Waals surface area contributed by atoms with Crippen molar-refractivity contribution in [2.24, 2.45) is 23.1 Å². The van der Waals surface area contributed by atoms with Crippen LogP contribution >= 0.6 is 0 Å². The fourth-order valence-corrected chi connectivity index (χ4v) is 3.63. The van der Waals surface area contributed by atoms with Crippen molar-refractivity contribution in [1.82, 2.24) is 10.3 Å². The molecular weight excluding hydrogens is 416 g/mol. The number of anilines is 1. The number of hydrogen-bond acceptors (Lipinski definition) is 6. The van der Waals surface area contributed by atoms with Gasteiger partial charge in [0, 0.05) is 5.39 Å². The van der Waals surface area contributed by atoms with Crippen molar-refractivity contribution in [3.63, 3.8) is 0 Å². The number of para-hydroxylation sites is 1. The summed E-state index contributed by atoms with van der Waals surface area (Å²) < 4.78 is 0. The molecule has 3 aromatic rings. The first-order valence-electron chi connectivity index (χ1n) is 11.2. The Morgan fingerprint density at radius 1 is 0.939 bits per heavy atom. The lowest BCUT2D eigenvalue weighted by atomic mass is 9.99. The summed E-state index contributed by atoms with van der Waals surface area (Å²) in [6.45, 7) is 0.703. The molecular formula is C25H32N6O2. The molecule has 0 aliphatic carbocycles. The molecule has 8 heteroatoms. The van der Waals surface area contributed by atoms with Crippen LogP contribution in [-0.4, -0.2) is 42.0 Å². The van der Waals surface area contributed by atoms with E-state index in [1.165, 1.54) is 0 Å². The third-order valence-electron chi connectivity index (χ3n) is 5.65. The molecule has 0 aliphatic rings. The van der Waals surface area contributed by atoms with E-state index >= 15 is 0 Å². The van der Waals surface area contributed by atoms with Gasteiger partial charge in [-0.25, -0.2) is 0 Å². The zero-order chi connectivity index (χ0) is 23.6. The van der Waals surface area contributed by atoms with E-state index < -0.39 is 18.0 Å².